The van der Waals surface area contributed by atoms with Gasteiger partial charge in [-0.1, -0.05) is 27.2 Å². The lowest BCUT2D eigenvalue weighted by Gasteiger charge is -2.33. The van der Waals surface area contributed by atoms with Crippen molar-refractivity contribution in [2.45, 2.75) is 65.1 Å². The number of nitrogens with one attached hydrogen (secondary N) is 3. The molecule has 0 heterocycles. The Morgan fingerprint density at radius 1 is 1.16 bits per heavy atom. The van der Waals surface area contributed by atoms with Gasteiger partial charge >= 0.3 is 0 Å². The molecule has 1 aromatic rings. The van der Waals surface area contributed by atoms with Crippen LogP contribution in [0.5, 0.6) is 5.75 Å². The third-order valence-corrected chi connectivity index (χ3v) is 5.08. The quantitative estimate of drug-likeness (QED) is 0.151. The van der Waals surface area contributed by atoms with Crippen LogP contribution in [0.15, 0.2) is 24.3 Å². The molecule has 0 spiro atoms. The van der Waals surface area contributed by atoms with E-state index < -0.39 is 41.3 Å². The largest absolute Gasteiger partial charge is 0.494 e. The summed E-state index contributed by atoms with van der Waals surface area (Å²) in [6.07, 6.45) is 0.0910. The number of rotatable bonds is 13. The van der Waals surface area contributed by atoms with Crippen molar-refractivity contribution in [2.75, 3.05) is 11.9 Å². The fraction of sp³-hybridized carbons (Fsp3) is 0.571. The number of ether oxygens (including phenoxy) is 1. The number of aliphatic hydroxyl groups excluding tert-OH is 1. The van der Waals surface area contributed by atoms with Gasteiger partial charge in [-0.15, -0.1) is 0 Å². The van der Waals surface area contributed by atoms with Gasteiger partial charge in [0.1, 0.15) is 11.8 Å². The minimum absolute atomic E-state index is 0.0334. The maximum Gasteiger partial charge on any atom is 0.274 e. The normalized spacial score (nSPS) is 14.1. The number of amides is 3. The van der Waals surface area contributed by atoms with E-state index in [1.807, 2.05) is 0 Å². The molecule has 10 nitrogen and oxygen atoms in total. The van der Waals surface area contributed by atoms with E-state index in [1.54, 1.807) is 45.0 Å². The van der Waals surface area contributed by atoms with Gasteiger partial charge in [0.25, 0.3) is 5.91 Å². The lowest BCUT2D eigenvalue weighted by atomic mass is 9.81. The number of nitrogens with two attached hydrogens (primary N) is 1. The molecule has 0 aliphatic carbocycles. The molecule has 10 heteroatoms. The number of benzene rings is 1. The number of hydrogen-bond acceptors (Lipinski definition) is 7. The molecule has 3 unspecified atom stereocenters. The van der Waals surface area contributed by atoms with E-state index in [1.165, 1.54) is 5.48 Å². The Morgan fingerprint density at radius 2 is 1.77 bits per heavy atom. The lowest BCUT2D eigenvalue weighted by Crippen LogP contribution is -2.56. The predicted octanol–water partition coefficient (Wildman–Crippen LogP) is 0.919. The minimum atomic E-state index is -1.88. The SMILES string of the molecule is CCCCOc1ccc(NC(C(=O)NC(C)C(C)(C)CC(N)=O)C(O)C(=O)NO)cc1. The average molecular weight is 439 g/mol. The molecule has 0 aromatic heterocycles. The Balaban J connectivity index is 2.95. The van der Waals surface area contributed by atoms with Crippen LogP contribution in [0.2, 0.25) is 0 Å². The van der Waals surface area contributed by atoms with E-state index >= 15 is 0 Å². The molecular weight excluding hydrogens is 404 g/mol. The zero-order valence-corrected chi connectivity index (χ0v) is 18.5. The highest BCUT2D eigenvalue weighted by Gasteiger charge is 2.36. The van der Waals surface area contributed by atoms with Crippen molar-refractivity contribution in [1.82, 2.24) is 10.8 Å². The van der Waals surface area contributed by atoms with Gasteiger partial charge in [-0.2, -0.15) is 0 Å². The van der Waals surface area contributed by atoms with Crippen LogP contribution in [0.25, 0.3) is 0 Å². The first-order chi connectivity index (χ1) is 14.5. The van der Waals surface area contributed by atoms with Crippen molar-refractivity contribution in [3.8, 4) is 5.75 Å². The highest BCUT2D eigenvalue weighted by molar-refractivity contribution is 5.93. The van der Waals surface area contributed by atoms with Crippen LogP contribution in [0, 0.1) is 5.41 Å². The van der Waals surface area contributed by atoms with Gasteiger partial charge < -0.3 is 26.2 Å². The second-order valence-electron chi connectivity index (χ2n) is 8.13. The van der Waals surface area contributed by atoms with Crippen LogP contribution in [0.1, 0.15) is 47.0 Å². The highest BCUT2D eigenvalue weighted by atomic mass is 16.5. The van der Waals surface area contributed by atoms with E-state index in [-0.39, 0.29) is 6.42 Å². The van der Waals surface area contributed by atoms with Gasteiger partial charge in [0.15, 0.2) is 6.10 Å². The summed E-state index contributed by atoms with van der Waals surface area (Å²) in [6, 6.07) is 4.77. The summed E-state index contributed by atoms with van der Waals surface area (Å²) in [5, 5.41) is 24.6. The van der Waals surface area contributed by atoms with E-state index in [9.17, 15) is 19.5 Å². The van der Waals surface area contributed by atoms with Gasteiger partial charge in [0.05, 0.1) is 6.61 Å². The molecule has 1 aromatic carbocycles. The molecular formula is C21H34N4O6. The highest BCUT2D eigenvalue weighted by Crippen LogP contribution is 2.25. The first kappa shape index (κ1) is 26.2. The van der Waals surface area contributed by atoms with Gasteiger partial charge in [-0.05, 0) is 43.0 Å². The Hall–Kier alpha value is -2.85. The Bertz CT molecular complexity index is 738. The molecule has 31 heavy (non-hydrogen) atoms. The Kier molecular flexibility index (Phi) is 10.2. The maximum absolute atomic E-state index is 12.9. The number of hydroxylamine groups is 1. The van der Waals surface area contributed by atoms with Crippen molar-refractivity contribution >= 4 is 23.4 Å². The second-order valence-corrected chi connectivity index (χ2v) is 8.13. The molecule has 0 saturated carbocycles. The standard InChI is InChI=1S/C21H34N4O6/c1-5-6-11-31-15-9-7-14(8-10-15)24-17(18(27)20(29)25-30)19(28)23-13(2)21(3,4)12-16(22)26/h7-10,13,17-18,24,27,30H,5-6,11-12H2,1-4H3,(H2,22,26)(H,23,28)(H,25,29). The summed E-state index contributed by atoms with van der Waals surface area (Å²) in [5.41, 5.74) is 6.41. The first-order valence-corrected chi connectivity index (χ1v) is 10.2. The first-order valence-electron chi connectivity index (χ1n) is 10.2. The number of anilines is 1. The molecule has 3 amide bonds. The predicted molar refractivity (Wildman–Crippen MR) is 115 cm³/mol. The Morgan fingerprint density at radius 3 is 2.29 bits per heavy atom. The van der Waals surface area contributed by atoms with Crippen molar-refractivity contribution in [2.24, 2.45) is 11.1 Å². The van der Waals surface area contributed by atoms with Gasteiger partial charge in [-0.25, -0.2) is 5.48 Å². The third kappa shape index (κ3) is 8.42. The van der Waals surface area contributed by atoms with Crippen LogP contribution in [0.4, 0.5) is 5.69 Å². The molecule has 0 fully saturated rings. The zero-order chi connectivity index (χ0) is 23.6. The second kappa shape index (κ2) is 12.1. The topological polar surface area (TPSA) is 163 Å². The number of carbonyl (C=O) groups is 3. The molecule has 1 rings (SSSR count). The zero-order valence-electron chi connectivity index (χ0n) is 18.5. The summed E-state index contributed by atoms with van der Waals surface area (Å²) in [6.45, 7) is 7.87. The molecule has 0 aliphatic heterocycles. The van der Waals surface area contributed by atoms with Crippen molar-refractivity contribution in [3.63, 3.8) is 0 Å². The van der Waals surface area contributed by atoms with Gasteiger partial charge in [0.2, 0.25) is 11.8 Å². The van der Waals surface area contributed by atoms with E-state index in [2.05, 4.69) is 17.6 Å². The summed E-state index contributed by atoms with van der Waals surface area (Å²) in [5.74, 6) is -1.70. The minimum Gasteiger partial charge on any atom is -0.494 e. The van der Waals surface area contributed by atoms with Crippen LogP contribution >= 0.6 is 0 Å². The van der Waals surface area contributed by atoms with Crippen LogP contribution < -0.4 is 26.6 Å². The molecule has 0 bridgehead atoms. The van der Waals surface area contributed by atoms with Crippen molar-refractivity contribution in [1.29, 1.82) is 0 Å². The van der Waals surface area contributed by atoms with E-state index in [4.69, 9.17) is 15.7 Å². The maximum atomic E-state index is 12.9. The van der Waals surface area contributed by atoms with Crippen LogP contribution in [0.3, 0.4) is 0 Å². The molecule has 0 saturated heterocycles. The number of aliphatic hydroxyl groups is 1. The van der Waals surface area contributed by atoms with E-state index in [0.29, 0.717) is 18.0 Å². The molecule has 0 radical (unpaired) electrons. The van der Waals surface area contributed by atoms with Crippen molar-refractivity contribution in [3.05, 3.63) is 24.3 Å². The number of carbonyl (C=O) groups excluding carboxylic acids is 3. The van der Waals surface area contributed by atoms with E-state index in [0.717, 1.165) is 12.8 Å². The average Bonchev–Trinajstić information content (AvgIpc) is 2.71. The molecule has 3 atom stereocenters. The molecule has 7 N–H and O–H groups in total. The molecule has 0 aliphatic rings. The summed E-state index contributed by atoms with van der Waals surface area (Å²) < 4.78 is 5.59. The Labute approximate surface area is 182 Å². The number of unbranched alkanes of at least 4 members (excludes halogenated alkanes) is 1. The summed E-state index contributed by atoms with van der Waals surface area (Å²) >= 11 is 0. The van der Waals surface area contributed by atoms with Crippen LogP contribution in [-0.2, 0) is 14.4 Å². The number of primary amides is 1. The fourth-order valence-electron chi connectivity index (χ4n) is 2.77. The molecule has 174 valence electrons. The lowest BCUT2D eigenvalue weighted by molar-refractivity contribution is -0.142. The van der Waals surface area contributed by atoms with Gasteiger partial charge in [-0.3, -0.25) is 19.6 Å². The fourth-order valence-corrected chi connectivity index (χ4v) is 2.77. The number of hydrogen-bond donors (Lipinski definition) is 6. The third-order valence-electron chi connectivity index (χ3n) is 5.08. The monoisotopic (exact) mass is 438 g/mol. The van der Waals surface area contributed by atoms with Crippen molar-refractivity contribution < 1.29 is 29.4 Å². The smallest absolute Gasteiger partial charge is 0.274 e. The summed E-state index contributed by atoms with van der Waals surface area (Å²) in [7, 11) is 0. The summed E-state index contributed by atoms with van der Waals surface area (Å²) in [4.78, 5) is 35.9. The van der Waals surface area contributed by atoms with Gasteiger partial charge in [0, 0.05) is 18.2 Å². The van der Waals surface area contributed by atoms with Crippen LogP contribution in [-0.4, -0.2) is 52.8 Å².